The van der Waals surface area contributed by atoms with Gasteiger partial charge in [-0.3, -0.25) is 4.79 Å². The molecule has 2 fully saturated rings. The summed E-state index contributed by atoms with van der Waals surface area (Å²) in [6.07, 6.45) is 1.36. The summed E-state index contributed by atoms with van der Waals surface area (Å²) in [6, 6.07) is 0. The first-order chi connectivity index (χ1) is 11.9. The molecule has 0 aromatic heterocycles. The predicted molar refractivity (Wildman–Crippen MR) is 92.9 cm³/mol. The van der Waals surface area contributed by atoms with Crippen molar-refractivity contribution in [2.75, 3.05) is 6.61 Å². The van der Waals surface area contributed by atoms with Crippen LogP contribution < -0.4 is 0 Å². The van der Waals surface area contributed by atoms with Gasteiger partial charge in [0.05, 0.1) is 24.2 Å². The van der Waals surface area contributed by atoms with Crippen molar-refractivity contribution in [2.45, 2.75) is 70.1 Å². The Labute approximate surface area is 153 Å². The van der Waals surface area contributed by atoms with Gasteiger partial charge < -0.3 is 25.2 Å². The zero-order valence-corrected chi connectivity index (χ0v) is 15.6. The Kier molecular flexibility index (Phi) is 3.42. The van der Waals surface area contributed by atoms with Crippen LogP contribution in [0, 0.1) is 16.2 Å². The minimum Gasteiger partial charge on any atom is -0.389 e. The zero-order chi connectivity index (χ0) is 19.3. The minimum absolute atomic E-state index is 0.00600. The van der Waals surface area contributed by atoms with Crippen molar-refractivity contribution in [2.24, 2.45) is 16.2 Å². The summed E-state index contributed by atoms with van der Waals surface area (Å²) < 4.78 is 5.61. The molecule has 2 bridgehead atoms. The maximum atomic E-state index is 13.3. The van der Waals surface area contributed by atoms with Crippen LogP contribution in [-0.2, 0) is 9.53 Å². The SMILES string of the molecule is C=C[C@]1(C)C[C@H](O)C2=C(C(=O)[C@@]3(O)OC[C@@]24CCCC(C)(C)[C@@]43O)[C@H]1O. The molecule has 1 saturated heterocycles. The highest BCUT2D eigenvalue weighted by Gasteiger charge is 2.82. The molecule has 4 aliphatic rings. The topological polar surface area (TPSA) is 107 Å². The summed E-state index contributed by atoms with van der Waals surface area (Å²) in [7, 11) is 0. The molecule has 0 spiro atoms. The monoisotopic (exact) mass is 364 g/mol. The fourth-order valence-electron chi connectivity index (χ4n) is 6.26. The Balaban J connectivity index is 2.06. The number of carbonyl (C=O) groups is 1. The molecule has 6 atom stereocenters. The number of carbonyl (C=O) groups excluding carboxylic acids is 1. The van der Waals surface area contributed by atoms with Gasteiger partial charge in [-0.2, -0.15) is 0 Å². The van der Waals surface area contributed by atoms with Crippen molar-refractivity contribution < 1.29 is 30.0 Å². The van der Waals surface area contributed by atoms with Gasteiger partial charge in [0.1, 0.15) is 5.60 Å². The maximum absolute atomic E-state index is 13.3. The second-order valence-electron chi connectivity index (χ2n) is 9.45. The zero-order valence-electron chi connectivity index (χ0n) is 15.6. The third-order valence-corrected chi connectivity index (χ3v) is 7.78. The van der Waals surface area contributed by atoms with Gasteiger partial charge in [0.2, 0.25) is 5.78 Å². The van der Waals surface area contributed by atoms with Gasteiger partial charge in [-0.25, -0.2) is 0 Å². The largest absolute Gasteiger partial charge is 0.389 e. The lowest BCUT2D eigenvalue weighted by atomic mass is 9.43. The Bertz CT molecular complexity index is 741. The first-order valence-corrected chi connectivity index (χ1v) is 9.30. The second kappa shape index (κ2) is 4.86. The van der Waals surface area contributed by atoms with E-state index in [9.17, 15) is 25.2 Å². The summed E-state index contributed by atoms with van der Waals surface area (Å²) >= 11 is 0. The molecule has 0 amide bonds. The quantitative estimate of drug-likeness (QED) is 0.514. The van der Waals surface area contributed by atoms with Crippen molar-refractivity contribution in [1.82, 2.24) is 0 Å². The number of rotatable bonds is 1. The minimum atomic E-state index is -2.42. The lowest BCUT2D eigenvalue weighted by molar-refractivity contribution is -0.292. The second-order valence-corrected chi connectivity index (χ2v) is 9.45. The van der Waals surface area contributed by atoms with E-state index in [1.807, 2.05) is 13.8 Å². The number of Topliss-reactive ketones (excluding diaryl/α,β-unsaturated/α-hetero) is 1. The number of hydrogen-bond donors (Lipinski definition) is 4. The molecule has 4 rings (SSSR count). The molecule has 6 heteroatoms. The molecule has 1 aliphatic heterocycles. The fourth-order valence-corrected chi connectivity index (χ4v) is 6.26. The molecular weight excluding hydrogens is 336 g/mol. The number of aliphatic hydroxyl groups is 4. The predicted octanol–water partition coefficient (Wildman–Crippen LogP) is 0.830. The fraction of sp³-hybridized carbons (Fsp3) is 0.750. The van der Waals surface area contributed by atoms with E-state index in [1.165, 1.54) is 6.08 Å². The van der Waals surface area contributed by atoms with E-state index in [2.05, 4.69) is 6.58 Å². The highest BCUT2D eigenvalue weighted by atomic mass is 16.7. The van der Waals surface area contributed by atoms with Crippen LogP contribution in [0.25, 0.3) is 0 Å². The highest BCUT2D eigenvalue weighted by molar-refractivity contribution is 6.06. The number of aliphatic hydroxyl groups excluding tert-OH is 2. The van der Waals surface area contributed by atoms with Crippen molar-refractivity contribution in [3.8, 4) is 0 Å². The van der Waals surface area contributed by atoms with Crippen LogP contribution in [0.1, 0.15) is 46.5 Å². The highest BCUT2D eigenvalue weighted by Crippen LogP contribution is 2.70. The van der Waals surface area contributed by atoms with Crippen LogP contribution in [0.5, 0.6) is 0 Å². The van der Waals surface area contributed by atoms with E-state index in [0.717, 1.165) is 6.42 Å². The Morgan fingerprint density at radius 2 is 1.85 bits per heavy atom. The summed E-state index contributed by atoms with van der Waals surface area (Å²) in [6.45, 7) is 9.05. The molecule has 26 heavy (non-hydrogen) atoms. The Morgan fingerprint density at radius 3 is 2.46 bits per heavy atom. The van der Waals surface area contributed by atoms with Gasteiger partial charge in [0, 0.05) is 16.4 Å². The van der Waals surface area contributed by atoms with Crippen LogP contribution in [-0.4, -0.2) is 56.4 Å². The first-order valence-electron chi connectivity index (χ1n) is 9.30. The average Bonchev–Trinajstić information content (AvgIpc) is 2.75. The Morgan fingerprint density at radius 1 is 1.19 bits per heavy atom. The third kappa shape index (κ3) is 1.61. The van der Waals surface area contributed by atoms with E-state index < -0.39 is 45.6 Å². The summed E-state index contributed by atoms with van der Waals surface area (Å²) in [5, 5.41) is 45.1. The summed E-state index contributed by atoms with van der Waals surface area (Å²) in [5.74, 6) is -3.26. The van der Waals surface area contributed by atoms with Crippen molar-refractivity contribution in [3.05, 3.63) is 23.8 Å². The molecule has 0 aromatic rings. The maximum Gasteiger partial charge on any atom is 0.262 e. The first kappa shape index (κ1) is 18.3. The molecule has 1 saturated carbocycles. The van der Waals surface area contributed by atoms with Crippen LogP contribution in [0.3, 0.4) is 0 Å². The van der Waals surface area contributed by atoms with E-state index in [0.29, 0.717) is 18.4 Å². The van der Waals surface area contributed by atoms with Gasteiger partial charge in [-0.1, -0.05) is 33.3 Å². The van der Waals surface area contributed by atoms with E-state index in [4.69, 9.17) is 4.74 Å². The van der Waals surface area contributed by atoms with Crippen molar-refractivity contribution in [3.63, 3.8) is 0 Å². The number of ether oxygens (including phenoxy) is 1. The summed E-state index contributed by atoms with van der Waals surface area (Å²) in [5.41, 5.74) is -4.30. The lowest BCUT2D eigenvalue weighted by Gasteiger charge is -2.62. The smallest absolute Gasteiger partial charge is 0.262 e. The molecule has 6 nitrogen and oxygen atoms in total. The standard InChI is InChI=1S/C20H28O6/c1-5-17(4)9-11(21)13-12(14(17)22)15(23)19(24)20(25)16(2,3)7-6-8-18(13,20)10-26-19/h5,11,14,21-22,24-25H,1,6-10H2,2-4H3/t11-,14+,17+,18-,19+,20+/m0/s1. The molecule has 3 aliphatic carbocycles. The van der Waals surface area contributed by atoms with Gasteiger partial charge in [-0.15, -0.1) is 6.58 Å². The van der Waals surface area contributed by atoms with Crippen LogP contribution in [0.15, 0.2) is 23.8 Å². The summed E-state index contributed by atoms with van der Waals surface area (Å²) in [4.78, 5) is 13.3. The van der Waals surface area contributed by atoms with Crippen molar-refractivity contribution >= 4 is 5.78 Å². The third-order valence-electron chi connectivity index (χ3n) is 7.78. The van der Waals surface area contributed by atoms with Gasteiger partial charge in [0.25, 0.3) is 5.79 Å². The number of ketones is 1. The molecule has 144 valence electrons. The van der Waals surface area contributed by atoms with E-state index >= 15 is 0 Å². The van der Waals surface area contributed by atoms with E-state index in [-0.39, 0.29) is 18.6 Å². The molecule has 4 N–H and O–H groups in total. The molecular formula is C20H28O6. The van der Waals surface area contributed by atoms with Gasteiger partial charge >= 0.3 is 0 Å². The van der Waals surface area contributed by atoms with Crippen molar-refractivity contribution in [1.29, 1.82) is 0 Å². The van der Waals surface area contributed by atoms with Crippen LogP contribution >= 0.6 is 0 Å². The van der Waals surface area contributed by atoms with E-state index in [1.54, 1.807) is 6.92 Å². The molecule has 0 aromatic carbocycles. The lowest BCUT2D eigenvalue weighted by Crippen LogP contribution is -2.75. The number of hydrogen-bond acceptors (Lipinski definition) is 6. The molecule has 0 radical (unpaired) electrons. The van der Waals surface area contributed by atoms with Crippen LogP contribution in [0.4, 0.5) is 0 Å². The normalized spacial score (nSPS) is 52.5. The van der Waals surface area contributed by atoms with Gasteiger partial charge in [0.15, 0.2) is 0 Å². The van der Waals surface area contributed by atoms with Crippen LogP contribution in [0.2, 0.25) is 0 Å². The molecule has 0 unspecified atom stereocenters. The average molecular weight is 364 g/mol. The Hall–Kier alpha value is -1.05. The van der Waals surface area contributed by atoms with Gasteiger partial charge in [-0.05, 0) is 24.8 Å². The molecule has 1 heterocycles.